The van der Waals surface area contributed by atoms with Gasteiger partial charge in [-0.05, 0) is 17.5 Å². The van der Waals surface area contributed by atoms with Gasteiger partial charge < -0.3 is 15.2 Å². The van der Waals surface area contributed by atoms with Gasteiger partial charge in [0.1, 0.15) is 11.9 Å². The van der Waals surface area contributed by atoms with Crippen LogP contribution in [0.1, 0.15) is 17.2 Å². The van der Waals surface area contributed by atoms with Crippen molar-refractivity contribution in [2.75, 3.05) is 5.73 Å². The zero-order valence-electron chi connectivity index (χ0n) is 13.5. The number of esters is 2. The molecular weight excluding hydrogens is 396 g/mol. The Bertz CT molecular complexity index is 1010. The summed E-state index contributed by atoms with van der Waals surface area (Å²) in [6, 6.07) is 6.88. The number of rotatable bonds is 2. The van der Waals surface area contributed by atoms with Crippen molar-refractivity contribution < 1.29 is 45.4 Å². The van der Waals surface area contributed by atoms with Gasteiger partial charge in [0, 0.05) is 28.3 Å². The number of carbonyl (C=O) groups excluding carboxylic acids is 2. The fraction of sp³-hybridized carbons (Fsp3) is 0.176. The zero-order valence-corrected chi connectivity index (χ0v) is 13.5. The zero-order chi connectivity index (χ0) is 20.9. The van der Waals surface area contributed by atoms with Gasteiger partial charge in [-0.15, -0.1) is 0 Å². The lowest BCUT2D eigenvalue weighted by molar-refractivity contribution is -0.203. The molecule has 0 aliphatic heterocycles. The summed E-state index contributed by atoms with van der Waals surface area (Å²) in [5.41, 5.74) is 5.83. The first kappa shape index (κ1) is 19.5. The van der Waals surface area contributed by atoms with Crippen LogP contribution in [-0.4, -0.2) is 24.3 Å². The highest BCUT2D eigenvalue weighted by molar-refractivity contribution is 6.01. The van der Waals surface area contributed by atoms with Gasteiger partial charge in [0.05, 0.1) is 0 Å². The Kier molecular flexibility index (Phi) is 4.48. The Morgan fingerprint density at radius 2 is 1.61 bits per heavy atom. The third kappa shape index (κ3) is 3.59. The molecule has 0 heterocycles. The van der Waals surface area contributed by atoms with Crippen LogP contribution in [0.3, 0.4) is 0 Å². The van der Waals surface area contributed by atoms with Crippen molar-refractivity contribution in [3.8, 4) is 0 Å². The van der Waals surface area contributed by atoms with Crippen LogP contribution < -0.4 is 5.73 Å². The SMILES string of the molecule is Nc1cc2c3c(cccc3c1)C(OC(=O)C(F)(F)F)C=C2OC(=O)C(F)(F)F. The Balaban J connectivity index is 2.15. The van der Waals surface area contributed by atoms with E-state index in [0.717, 1.165) is 0 Å². The minimum Gasteiger partial charge on any atom is -0.446 e. The monoisotopic (exact) mass is 405 g/mol. The van der Waals surface area contributed by atoms with Crippen LogP contribution in [0.25, 0.3) is 16.5 Å². The smallest absolute Gasteiger partial charge is 0.446 e. The first-order valence-electron chi connectivity index (χ1n) is 7.49. The highest BCUT2D eigenvalue weighted by Gasteiger charge is 2.44. The number of hydrogen-bond donors (Lipinski definition) is 1. The summed E-state index contributed by atoms with van der Waals surface area (Å²) in [6.07, 6.45) is -11.7. The van der Waals surface area contributed by atoms with E-state index in [9.17, 15) is 35.9 Å². The van der Waals surface area contributed by atoms with Crippen LogP contribution in [-0.2, 0) is 19.1 Å². The van der Waals surface area contributed by atoms with Gasteiger partial charge in [-0.25, -0.2) is 9.59 Å². The molecule has 0 radical (unpaired) electrons. The number of carbonyl (C=O) groups is 2. The molecule has 0 bridgehead atoms. The summed E-state index contributed by atoms with van der Waals surface area (Å²) in [5.74, 6) is -5.86. The maximum atomic E-state index is 12.6. The first-order valence-corrected chi connectivity index (χ1v) is 7.49. The molecule has 3 rings (SSSR count). The number of nitrogen functional groups attached to an aromatic ring is 1. The van der Waals surface area contributed by atoms with Crippen molar-refractivity contribution in [1.82, 2.24) is 0 Å². The molecule has 11 heteroatoms. The van der Waals surface area contributed by atoms with Gasteiger partial charge in [0.2, 0.25) is 0 Å². The summed E-state index contributed by atoms with van der Waals surface area (Å²) in [7, 11) is 0. The summed E-state index contributed by atoms with van der Waals surface area (Å²) in [4.78, 5) is 22.5. The summed E-state index contributed by atoms with van der Waals surface area (Å²) in [6.45, 7) is 0. The van der Waals surface area contributed by atoms with E-state index in [1.807, 2.05) is 0 Å². The minimum absolute atomic E-state index is 0.0532. The van der Waals surface area contributed by atoms with E-state index in [4.69, 9.17) is 5.73 Å². The molecule has 1 aliphatic rings. The summed E-state index contributed by atoms with van der Waals surface area (Å²) < 4.78 is 84.1. The highest BCUT2D eigenvalue weighted by atomic mass is 19.4. The quantitative estimate of drug-likeness (QED) is 0.464. The van der Waals surface area contributed by atoms with Gasteiger partial charge in [-0.2, -0.15) is 26.3 Å². The van der Waals surface area contributed by atoms with Crippen molar-refractivity contribution >= 4 is 34.2 Å². The molecule has 1 unspecified atom stereocenters. The van der Waals surface area contributed by atoms with Crippen molar-refractivity contribution in [3.63, 3.8) is 0 Å². The maximum absolute atomic E-state index is 12.6. The molecule has 5 nitrogen and oxygen atoms in total. The Labute approximate surface area is 152 Å². The highest BCUT2D eigenvalue weighted by Crippen LogP contribution is 2.42. The second kappa shape index (κ2) is 6.43. The van der Waals surface area contributed by atoms with E-state index in [2.05, 4.69) is 9.47 Å². The lowest BCUT2D eigenvalue weighted by atomic mass is 9.89. The number of nitrogens with two attached hydrogens (primary N) is 1. The van der Waals surface area contributed by atoms with Crippen molar-refractivity contribution in [1.29, 1.82) is 0 Å². The molecule has 2 N–H and O–H groups in total. The normalized spacial score (nSPS) is 16.5. The predicted octanol–water partition coefficient (Wildman–Crippen LogP) is 4.03. The number of anilines is 1. The van der Waals surface area contributed by atoms with Crippen molar-refractivity contribution in [3.05, 3.63) is 47.5 Å². The largest absolute Gasteiger partial charge is 0.491 e. The molecule has 1 atom stereocenters. The van der Waals surface area contributed by atoms with E-state index in [0.29, 0.717) is 11.5 Å². The molecule has 2 aromatic rings. The van der Waals surface area contributed by atoms with Crippen LogP contribution in [0.5, 0.6) is 0 Å². The molecule has 148 valence electrons. The van der Waals surface area contributed by atoms with Gasteiger partial charge >= 0.3 is 24.3 Å². The number of benzene rings is 2. The van der Waals surface area contributed by atoms with Crippen LogP contribution in [0.4, 0.5) is 32.0 Å². The van der Waals surface area contributed by atoms with Gasteiger partial charge in [-0.1, -0.05) is 18.2 Å². The topological polar surface area (TPSA) is 78.6 Å². The van der Waals surface area contributed by atoms with E-state index >= 15 is 0 Å². The molecule has 0 spiro atoms. The predicted molar refractivity (Wildman–Crippen MR) is 83.4 cm³/mol. The molecule has 0 amide bonds. The number of alkyl halides is 6. The molecule has 0 saturated carbocycles. The Hall–Kier alpha value is -3.24. The second-order valence-corrected chi connectivity index (χ2v) is 5.76. The molecular formula is C17H9F6NO4. The molecule has 2 aromatic carbocycles. The Morgan fingerprint density at radius 1 is 0.964 bits per heavy atom. The summed E-state index contributed by atoms with van der Waals surface area (Å²) in [5, 5.41) is 0.485. The standard InChI is InChI=1S/C17H9F6NO4/c18-16(19,20)14(25)27-11-6-12(28-15(26)17(21,22)23)10-5-8(24)4-7-2-1-3-9(11)13(7)10/h1-6,11H,24H2. The van der Waals surface area contributed by atoms with E-state index < -0.39 is 36.2 Å². The van der Waals surface area contributed by atoms with Crippen LogP contribution in [0, 0.1) is 0 Å². The second-order valence-electron chi connectivity index (χ2n) is 5.76. The number of ether oxygens (including phenoxy) is 2. The Morgan fingerprint density at radius 3 is 2.21 bits per heavy atom. The van der Waals surface area contributed by atoms with Gasteiger partial charge in [0.25, 0.3) is 0 Å². The van der Waals surface area contributed by atoms with Crippen molar-refractivity contribution in [2.24, 2.45) is 0 Å². The molecule has 28 heavy (non-hydrogen) atoms. The minimum atomic E-state index is -5.35. The van der Waals surface area contributed by atoms with Crippen molar-refractivity contribution in [2.45, 2.75) is 18.5 Å². The summed E-state index contributed by atoms with van der Waals surface area (Å²) >= 11 is 0. The average Bonchev–Trinajstić information content (AvgIpc) is 2.56. The number of hydrogen-bond acceptors (Lipinski definition) is 5. The van der Waals surface area contributed by atoms with Crippen LogP contribution in [0.2, 0.25) is 0 Å². The van der Waals surface area contributed by atoms with E-state index in [-0.39, 0.29) is 22.2 Å². The lowest BCUT2D eigenvalue weighted by Gasteiger charge is -2.25. The van der Waals surface area contributed by atoms with Gasteiger partial charge in [0.15, 0.2) is 0 Å². The van der Waals surface area contributed by atoms with E-state index in [1.54, 1.807) is 0 Å². The molecule has 0 aromatic heterocycles. The van der Waals surface area contributed by atoms with Crippen LogP contribution in [0.15, 0.2) is 36.4 Å². The van der Waals surface area contributed by atoms with Crippen LogP contribution >= 0.6 is 0 Å². The third-order valence-electron chi connectivity index (χ3n) is 3.81. The molecule has 1 aliphatic carbocycles. The van der Waals surface area contributed by atoms with E-state index in [1.165, 1.54) is 30.3 Å². The fourth-order valence-corrected chi connectivity index (χ4v) is 2.75. The maximum Gasteiger partial charge on any atom is 0.491 e. The lowest BCUT2D eigenvalue weighted by Crippen LogP contribution is -2.28. The molecule has 0 fully saturated rings. The number of halogens is 6. The molecule has 0 saturated heterocycles. The third-order valence-corrected chi connectivity index (χ3v) is 3.81. The average molecular weight is 405 g/mol. The fourth-order valence-electron chi connectivity index (χ4n) is 2.75. The first-order chi connectivity index (χ1) is 12.9. The van der Waals surface area contributed by atoms with Gasteiger partial charge in [-0.3, -0.25) is 0 Å².